The number of halogens is 1. The standard InChI is InChI=1S/C7H14ClNO2/c1-3-7(8,4-2)6(5-10)9-11/h5-6,9,11H,3-4H2,1-2H3. The van der Waals surface area contributed by atoms with Gasteiger partial charge in [0.2, 0.25) is 0 Å². The average molecular weight is 180 g/mol. The third-order valence-corrected chi connectivity index (χ3v) is 2.78. The summed E-state index contributed by atoms with van der Waals surface area (Å²) in [4.78, 5) is 9.74. The van der Waals surface area contributed by atoms with Crippen LogP contribution in [0.3, 0.4) is 0 Å². The minimum atomic E-state index is -0.681. The fraction of sp³-hybridized carbons (Fsp3) is 0.857. The van der Waals surface area contributed by atoms with Crippen LogP contribution in [0, 0.1) is 0 Å². The Morgan fingerprint density at radius 3 is 2.18 bits per heavy atom. The molecule has 66 valence electrons. The van der Waals surface area contributed by atoms with E-state index in [4.69, 9.17) is 16.8 Å². The van der Waals surface area contributed by atoms with E-state index in [-0.39, 0.29) is 0 Å². The molecule has 1 unspecified atom stereocenters. The third-order valence-electron chi connectivity index (χ3n) is 2.01. The van der Waals surface area contributed by atoms with Crippen LogP contribution in [-0.2, 0) is 4.79 Å². The minimum Gasteiger partial charge on any atom is -0.316 e. The first kappa shape index (κ1) is 10.9. The first-order valence-corrected chi connectivity index (χ1v) is 4.06. The molecule has 11 heavy (non-hydrogen) atoms. The van der Waals surface area contributed by atoms with Gasteiger partial charge in [0.05, 0.1) is 4.87 Å². The van der Waals surface area contributed by atoms with E-state index in [0.29, 0.717) is 19.1 Å². The van der Waals surface area contributed by atoms with E-state index in [1.807, 2.05) is 19.3 Å². The second-order valence-electron chi connectivity index (χ2n) is 2.48. The number of hydrogen-bond donors (Lipinski definition) is 2. The van der Waals surface area contributed by atoms with Gasteiger partial charge in [-0.05, 0) is 12.8 Å². The Morgan fingerprint density at radius 2 is 2.09 bits per heavy atom. The number of alkyl halides is 1. The van der Waals surface area contributed by atoms with Crippen molar-refractivity contribution in [2.24, 2.45) is 0 Å². The van der Waals surface area contributed by atoms with Crippen molar-refractivity contribution in [2.75, 3.05) is 0 Å². The molecule has 0 bridgehead atoms. The van der Waals surface area contributed by atoms with Gasteiger partial charge >= 0.3 is 0 Å². The molecule has 0 spiro atoms. The van der Waals surface area contributed by atoms with E-state index in [9.17, 15) is 4.79 Å². The Morgan fingerprint density at radius 1 is 1.64 bits per heavy atom. The number of rotatable bonds is 5. The largest absolute Gasteiger partial charge is 0.316 e. The maximum Gasteiger partial charge on any atom is 0.141 e. The zero-order valence-electron chi connectivity index (χ0n) is 6.80. The Kier molecular flexibility index (Phi) is 4.65. The normalized spacial score (nSPS) is 14.5. The molecular formula is C7H14ClNO2. The summed E-state index contributed by atoms with van der Waals surface area (Å²) >= 11 is 6.02. The molecule has 4 heteroatoms. The van der Waals surface area contributed by atoms with Crippen LogP contribution >= 0.6 is 11.6 Å². The van der Waals surface area contributed by atoms with Gasteiger partial charge in [-0.15, -0.1) is 11.6 Å². The predicted molar refractivity (Wildman–Crippen MR) is 43.9 cm³/mol. The topological polar surface area (TPSA) is 49.3 Å². The molecule has 1 atom stereocenters. The van der Waals surface area contributed by atoms with Crippen LogP contribution in [0.4, 0.5) is 0 Å². The van der Waals surface area contributed by atoms with Crippen LogP contribution in [-0.4, -0.2) is 22.4 Å². The molecule has 0 heterocycles. The smallest absolute Gasteiger partial charge is 0.141 e. The first-order chi connectivity index (χ1) is 5.14. The summed E-state index contributed by atoms with van der Waals surface area (Å²) in [5.74, 6) is 0. The van der Waals surface area contributed by atoms with Crippen LogP contribution in [0.2, 0.25) is 0 Å². The molecule has 3 nitrogen and oxygen atoms in total. The van der Waals surface area contributed by atoms with Gasteiger partial charge in [-0.3, -0.25) is 0 Å². The summed E-state index contributed by atoms with van der Waals surface area (Å²) in [6.07, 6.45) is 1.91. The van der Waals surface area contributed by atoms with Crippen molar-refractivity contribution in [3.63, 3.8) is 0 Å². The predicted octanol–water partition coefficient (Wildman–Crippen LogP) is 1.33. The van der Waals surface area contributed by atoms with Crippen molar-refractivity contribution in [3.05, 3.63) is 0 Å². The molecule has 0 fully saturated rings. The van der Waals surface area contributed by atoms with Crippen LogP contribution in [0.1, 0.15) is 26.7 Å². The van der Waals surface area contributed by atoms with Crippen molar-refractivity contribution in [3.8, 4) is 0 Å². The van der Waals surface area contributed by atoms with Gasteiger partial charge < -0.3 is 10.0 Å². The van der Waals surface area contributed by atoms with E-state index >= 15 is 0 Å². The molecule has 0 rings (SSSR count). The first-order valence-electron chi connectivity index (χ1n) is 3.68. The summed E-state index contributed by atoms with van der Waals surface area (Å²) in [6.45, 7) is 3.76. The second kappa shape index (κ2) is 4.70. The zero-order chi connectivity index (χ0) is 8.91. The van der Waals surface area contributed by atoms with Crippen LogP contribution in [0.25, 0.3) is 0 Å². The van der Waals surface area contributed by atoms with Crippen LogP contribution < -0.4 is 5.48 Å². The Bertz CT molecular complexity index is 126. The molecule has 0 aliphatic rings. The lowest BCUT2D eigenvalue weighted by Crippen LogP contribution is -2.46. The molecule has 0 radical (unpaired) electrons. The maximum atomic E-state index is 10.4. The highest BCUT2D eigenvalue weighted by Gasteiger charge is 2.32. The number of nitrogens with one attached hydrogen (secondary N) is 1. The van der Waals surface area contributed by atoms with E-state index in [0.717, 1.165) is 0 Å². The number of hydrogen-bond acceptors (Lipinski definition) is 3. The monoisotopic (exact) mass is 179 g/mol. The molecular weight excluding hydrogens is 166 g/mol. The molecule has 0 aliphatic heterocycles. The summed E-state index contributed by atoms with van der Waals surface area (Å²) in [7, 11) is 0. The van der Waals surface area contributed by atoms with Gasteiger partial charge in [0.1, 0.15) is 12.3 Å². The molecule has 0 aromatic carbocycles. The molecule has 0 saturated heterocycles. The van der Waals surface area contributed by atoms with Gasteiger partial charge in [-0.25, -0.2) is 0 Å². The Labute approximate surface area is 71.7 Å². The molecule has 0 aromatic rings. The highest BCUT2D eigenvalue weighted by atomic mass is 35.5. The summed E-state index contributed by atoms with van der Waals surface area (Å²) in [5, 5.41) is 8.56. The lowest BCUT2D eigenvalue weighted by molar-refractivity contribution is -0.113. The van der Waals surface area contributed by atoms with E-state index in [1.165, 1.54) is 0 Å². The molecule has 2 N–H and O–H groups in total. The lowest BCUT2D eigenvalue weighted by Gasteiger charge is -2.28. The third kappa shape index (κ3) is 2.43. The quantitative estimate of drug-likeness (QED) is 0.380. The maximum absolute atomic E-state index is 10.4. The van der Waals surface area contributed by atoms with Gasteiger partial charge in [0.25, 0.3) is 0 Å². The van der Waals surface area contributed by atoms with Gasteiger partial charge in [0.15, 0.2) is 0 Å². The fourth-order valence-electron chi connectivity index (χ4n) is 0.958. The number of aldehydes is 1. The number of carbonyl (C=O) groups excluding carboxylic acids is 1. The highest BCUT2D eigenvalue weighted by Crippen LogP contribution is 2.26. The second-order valence-corrected chi connectivity index (χ2v) is 3.24. The van der Waals surface area contributed by atoms with E-state index < -0.39 is 10.9 Å². The summed E-state index contributed by atoms with van der Waals surface area (Å²) < 4.78 is 0. The minimum absolute atomic E-state index is 0.625. The molecule has 0 saturated carbocycles. The highest BCUT2D eigenvalue weighted by molar-refractivity contribution is 6.25. The molecule has 0 aliphatic carbocycles. The van der Waals surface area contributed by atoms with Crippen LogP contribution in [0.5, 0.6) is 0 Å². The van der Waals surface area contributed by atoms with Crippen LogP contribution in [0.15, 0.2) is 0 Å². The summed E-state index contributed by atoms with van der Waals surface area (Å²) in [6, 6.07) is -0.681. The van der Waals surface area contributed by atoms with Crippen molar-refractivity contribution in [1.82, 2.24) is 5.48 Å². The van der Waals surface area contributed by atoms with E-state index in [1.54, 1.807) is 0 Å². The zero-order valence-corrected chi connectivity index (χ0v) is 7.56. The van der Waals surface area contributed by atoms with E-state index in [2.05, 4.69) is 0 Å². The van der Waals surface area contributed by atoms with Crippen molar-refractivity contribution in [2.45, 2.75) is 37.6 Å². The lowest BCUT2D eigenvalue weighted by atomic mass is 9.94. The van der Waals surface area contributed by atoms with Gasteiger partial charge in [-0.2, -0.15) is 5.48 Å². The summed E-state index contributed by atoms with van der Waals surface area (Å²) in [5.41, 5.74) is 1.89. The Hall–Kier alpha value is -0.120. The average Bonchev–Trinajstić information content (AvgIpc) is 2.06. The molecule has 0 amide bonds. The SMILES string of the molecule is CCC(Cl)(CC)C(C=O)NO. The number of carbonyl (C=O) groups is 1. The number of hydroxylamine groups is 1. The molecule has 0 aromatic heterocycles. The fourth-order valence-corrected chi connectivity index (χ4v) is 1.06. The van der Waals surface area contributed by atoms with Gasteiger partial charge in [0, 0.05) is 0 Å². The Balaban J connectivity index is 4.30. The van der Waals surface area contributed by atoms with Crippen molar-refractivity contribution < 1.29 is 10.0 Å². The van der Waals surface area contributed by atoms with Gasteiger partial charge in [-0.1, -0.05) is 13.8 Å². The van der Waals surface area contributed by atoms with Crippen molar-refractivity contribution in [1.29, 1.82) is 0 Å². The van der Waals surface area contributed by atoms with Crippen molar-refractivity contribution >= 4 is 17.9 Å².